The van der Waals surface area contributed by atoms with Crippen molar-refractivity contribution in [2.45, 2.75) is 26.7 Å². The van der Waals surface area contributed by atoms with E-state index in [1.165, 1.54) is 0 Å². The first kappa shape index (κ1) is 20.1. The van der Waals surface area contributed by atoms with Crippen molar-refractivity contribution in [3.63, 3.8) is 0 Å². The first-order chi connectivity index (χ1) is 9.93. The maximum atomic E-state index is 11.8. The molecule has 0 aliphatic carbocycles. The second-order valence-corrected chi connectivity index (χ2v) is 6.01. The van der Waals surface area contributed by atoms with Crippen LogP contribution in [0.1, 0.15) is 26.7 Å². The van der Waals surface area contributed by atoms with Crippen molar-refractivity contribution in [3.8, 4) is 0 Å². The number of nitrogens with zero attached hydrogens (tertiary/aromatic N) is 2. The van der Waals surface area contributed by atoms with Crippen LogP contribution < -0.4 is 10.6 Å². The lowest BCUT2D eigenvalue weighted by atomic mass is 10.3. The molecule has 1 atom stereocenters. The summed E-state index contributed by atoms with van der Waals surface area (Å²) in [4.78, 5) is 13.9. The van der Waals surface area contributed by atoms with Crippen molar-refractivity contribution >= 4 is 6.03 Å². The van der Waals surface area contributed by atoms with E-state index in [1.54, 1.807) is 0 Å². The Bertz CT molecular complexity index is 274. The van der Waals surface area contributed by atoms with E-state index >= 15 is 0 Å². The molecule has 21 heavy (non-hydrogen) atoms. The quantitative estimate of drug-likeness (QED) is 0.322. The predicted molar refractivity (Wildman–Crippen MR) is 87.3 cm³/mol. The summed E-state index contributed by atoms with van der Waals surface area (Å²) in [6.07, 6.45) is 2.06. The van der Waals surface area contributed by atoms with Gasteiger partial charge in [0, 0.05) is 13.2 Å². The first-order valence-corrected chi connectivity index (χ1v) is 8.01. The van der Waals surface area contributed by atoms with Gasteiger partial charge in [0.15, 0.2) is 6.67 Å². The van der Waals surface area contributed by atoms with Crippen LogP contribution in [0.2, 0.25) is 0 Å². The zero-order chi connectivity index (χ0) is 16.1. The Kier molecular flexibility index (Phi) is 11.3. The second kappa shape index (κ2) is 11.8. The number of urea groups is 1. The number of carbonyl (C=O) groups excluding carboxylic acids is 1. The molecule has 2 N–H and O–H groups in total. The summed E-state index contributed by atoms with van der Waals surface area (Å²) in [6, 6.07) is -0.0781. The van der Waals surface area contributed by atoms with Crippen molar-refractivity contribution in [1.29, 1.82) is 0 Å². The van der Waals surface area contributed by atoms with Gasteiger partial charge in [-0.3, -0.25) is 5.32 Å². The third-order valence-electron chi connectivity index (χ3n) is 3.43. The number of ether oxygens (including phenoxy) is 1. The van der Waals surface area contributed by atoms with Gasteiger partial charge < -0.3 is 19.4 Å². The molecule has 0 bridgehead atoms. The Morgan fingerprint density at radius 3 is 2.48 bits per heavy atom. The zero-order valence-electron chi connectivity index (χ0n) is 14.6. The molecule has 6 heteroatoms. The third kappa shape index (κ3) is 11.5. The third-order valence-corrected chi connectivity index (χ3v) is 3.43. The van der Waals surface area contributed by atoms with Gasteiger partial charge in [-0.05, 0) is 40.4 Å². The van der Waals surface area contributed by atoms with E-state index in [-0.39, 0.29) is 6.03 Å². The number of nitrogens with one attached hydrogen (secondary N) is 2. The highest BCUT2D eigenvalue weighted by Gasteiger charge is 2.20. The average Bonchev–Trinajstić information content (AvgIpc) is 2.42. The molecule has 0 heterocycles. The average molecular weight is 303 g/mol. The van der Waals surface area contributed by atoms with Crippen LogP contribution in [0.3, 0.4) is 0 Å². The van der Waals surface area contributed by atoms with E-state index in [0.717, 1.165) is 50.2 Å². The van der Waals surface area contributed by atoms with Crippen LogP contribution in [-0.4, -0.2) is 82.6 Å². The zero-order valence-corrected chi connectivity index (χ0v) is 14.6. The summed E-state index contributed by atoms with van der Waals surface area (Å²) in [5, 5.41) is 5.88. The van der Waals surface area contributed by atoms with Gasteiger partial charge in [-0.2, -0.15) is 0 Å². The van der Waals surface area contributed by atoms with Gasteiger partial charge in [-0.25, -0.2) is 4.79 Å². The molecule has 0 aliphatic rings. The molecule has 0 fully saturated rings. The van der Waals surface area contributed by atoms with E-state index < -0.39 is 0 Å². The fraction of sp³-hybridized carbons (Fsp3) is 0.933. The van der Waals surface area contributed by atoms with E-state index in [2.05, 4.69) is 29.5 Å². The van der Waals surface area contributed by atoms with Crippen molar-refractivity contribution in [2.75, 3.05) is 67.2 Å². The summed E-state index contributed by atoms with van der Waals surface area (Å²) in [6.45, 7) is 9.93. The molecule has 0 radical (unpaired) electrons. The maximum Gasteiger partial charge on any atom is 0.319 e. The standard InChI is InChI=1S/C15H34N4O2/c1-6-11-19(5,12-13-21-7-2)14-17-15(20)16-9-8-10-18(3)4/h6-14H2,1-5H3,(H-,16,17,20)/p+1. The lowest BCUT2D eigenvalue weighted by molar-refractivity contribution is -0.911. The summed E-state index contributed by atoms with van der Waals surface area (Å²) in [7, 11) is 6.23. The van der Waals surface area contributed by atoms with Crippen LogP contribution in [0.5, 0.6) is 0 Å². The van der Waals surface area contributed by atoms with E-state index in [4.69, 9.17) is 4.74 Å². The van der Waals surface area contributed by atoms with Gasteiger partial charge in [0.25, 0.3) is 0 Å². The highest BCUT2D eigenvalue weighted by molar-refractivity contribution is 5.73. The van der Waals surface area contributed by atoms with Crippen molar-refractivity contribution in [1.82, 2.24) is 15.5 Å². The number of amides is 2. The van der Waals surface area contributed by atoms with Crippen LogP contribution >= 0.6 is 0 Å². The summed E-state index contributed by atoms with van der Waals surface area (Å²) in [5.41, 5.74) is 0. The SMILES string of the molecule is CCC[N+](C)(CCOCC)CNC(=O)NCCCN(C)C. The Balaban J connectivity index is 3.96. The molecule has 0 saturated heterocycles. The Morgan fingerprint density at radius 2 is 1.90 bits per heavy atom. The largest absolute Gasteiger partial charge is 0.376 e. The smallest absolute Gasteiger partial charge is 0.319 e. The molecule has 6 nitrogen and oxygen atoms in total. The minimum Gasteiger partial charge on any atom is -0.376 e. The van der Waals surface area contributed by atoms with Crippen LogP contribution in [0.25, 0.3) is 0 Å². The lowest BCUT2D eigenvalue weighted by Gasteiger charge is -2.34. The Morgan fingerprint density at radius 1 is 1.19 bits per heavy atom. The van der Waals surface area contributed by atoms with Gasteiger partial charge in [-0.15, -0.1) is 0 Å². The maximum absolute atomic E-state index is 11.8. The predicted octanol–water partition coefficient (Wildman–Crippen LogP) is 1.09. The number of quaternary nitrogens is 1. The normalized spacial score (nSPS) is 14.0. The fourth-order valence-electron chi connectivity index (χ4n) is 2.16. The molecule has 0 aliphatic heterocycles. The number of hydrogen-bond donors (Lipinski definition) is 2. The van der Waals surface area contributed by atoms with Crippen molar-refractivity contribution in [3.05, 3.63) is 0 Å². The van der Waals surface area contributed by atoms with Gasteiger partial charge >= 0.3 is 6.03 Å². The molecule has 0 spiro atoms. The molecule has 0 rings (SSSR count). The van der Waals surface area contributed by atoms with E-state index in [9.17, 15) is 4.79 Å². The number of likely N-dealkylation sites (N-methyl/N-ethyl adjacent to an activating group) is 1. The van der Waals surface area contributed by atoms with E-state index in [0.29, 0.717) is 13.2 Å². The van der Waals surface area contributed by atoms with Gasteiger partial charge in [0.1, 0.15) is 6.54 Å². The lowest BCUT2D eigenvalue weighted by Crippen LogP contribution is -2.55. The van der Waals surface area contributed by atoms with Crippen LogP contribution in [0, 0.1) is 0 Å². The molecule has 1 unspecified atom stereocenters. The molecule has 0 aromatic carbocycles. The molecule has 0 aromatic rings. The highest BCUT2D eigenvalue weighted by Crippen LogP contribution is 2.02. The second-order valence-electron chi connectivity index (χ2n) is 6.01. The van der Waals surface area contributed by atoms with Gasteiger partial charge in [0.2, 0.25) is 0 Å². The minimum absolute atomic E-state index is 0.0781. The number of rotatable bonds is 12. The van der Waals surface area contributed by atoms with Gasteiger partial charge in [0.05, 0.1) is 20.2 Å². The summed E-state index contributed by atoms with van der Waals surface area (Å²) >= 11 is 0. The molecule has 0 aromatic heterocycles. The molecular formula is C15H35N4O2+. The Labute approximate surface area is 130 Å². The first-order valence-electron chi connectivity index (χ1n) is 8.01. The van der Waals surface area contributed by atoms with Crippen LogP contribution in [0.4, 0.5) is 4.79 Å². The van der Waals surface area contributed by atoms with Crippen LogP contribution in [-0.2, 0) is 4.74 Å². The monoisotopic (exact) mass is 303 g/mol. The van der Waals surface area contributed by atoms with E-state index in [1.807, 2.05) is 21.0 Å². The number of hydrogen-bond acceptors (Lipinski definition) is 3. The van der Waals surface area contributed by atoms with Gasteiger partial charge in [-0.1, -0.05) is 6.92 Å². The van der Waals surface area contributed by atoms with Crippen LogP contribution in [0.15, 0.2) is 0 Å². The van der Waals surface area contributed by atoms with Crippen molar-refractivity contribution < 1.29 is 14.0 Å². The summed E-state index contributed by atoms with van der Waals surface area (Å²) in [5.74, 6) is 0. The molecule has 126 valence electrons. The number of carbonyl (C=O) groups is 1. The highest BCUT2D eigenvalue weighted by atomic mass is 16.5. The molecule has 2 amide bonds. The topological polar surface area (TPSA) is 53.6 Å². The molecular weight excluding hydrogens is 268 g/mol. The Hall–Kier alpha value is -0.850. The summed E-state index contributed by atoms with van der Waals surface area (Å²) < 4.78 is 6.24. The molecule has 0 saturated carbocycles. The van der Waals surface area contributed by atoms with Crippen molar-refractivity contribution in [2.24, 2.45) is 0 Å². The fourth-order valence-corrected chi connectivity index (χ4v) is 2.16. The minimum atomic E-state index is -0.0781.